The number of halogens is 1. The number of nitrogens with one attached hydrogen (secondary N) is 1. The molecule has 0 saturated carbocycles. The van der Waals surface area contributed by atoms with Crippen molar-refractivity contribution in [2.45, 2.75) is 13.1 Å². The first kappa shape index (κ1) is 10.9. The van der Waals surface area contributed by atoms with Gasteiger partial charge in [0.1, 0.15) is 5.82 Å². The zero-order valence-electron chi connectivity index (χ0n) is 9.97. The van der Waals surface area contributed by atoms with Gasteiger partial charge >= 0.3 is 0 Å². The highest BCUT2D eigenvalue weighted by atomic mass is 19.1. The zero-order chi connectivity index (χ0) is 12.5. The van der Waals surface area contributed by atoms with Gasteiger partial charge in [-0.3, -0.25) is 0 Å². The fourth-order valence-electron chi connectivity index (χ4n) is 2.05. The standard InChI is InChI=1S/C11H13FN6/c1-13-11-15-6-8(12)10(16-11)18-5-4-17-3-2-14-9(17)7-18/h2-3,6H,4-5,7H2,1H3,(H,13,15,16). The van der Waals surface area contributed by atoms with Crippen LogP contribution in [0.4, 0.5) is 16.2 Å². The molecule has 3 rings (SSSR count). The lowest BCUT2D eigenvalue weighted by Gasteiger charge is -2.28. The minimum Gasteiger partial charge on any atom is -0.357 e. The lowest BCUT2D eigenvalue weighted by atomic mass is 10.3. The summed E-state index contributed by atoms with van der Waals surface area (Å²) < 4.78 is 15.8. The van der Waals surface area contributed by atoms with Gasteiger partial charge in [-0.25, -0.2) is 14.4 Å². The molecule has 0 radical (unpaired) electrons. The fourth-order valence-corrected chi connectivity index (χ4v) is 2.05. The fraction of sp³-hybridized carbons (Fsp3) is 0.364. The maximum absolute atomic E-state index is 13.8. The number of nitrogens with zero attached hydrogens (tertiary/aromatic N) is 5. The summed E-state index contributed by atoms with van der Waals surface area (Å²) in [6.45, 7) is 2.05. The highest BCUT2D eigenvalue weighted by Crippen LogP contribution is 2.21. The number of hydrogen-bond donors (Lipinski definition) is 1. The van der Waals surface area contributed by atoms with E-state index in [1.54, 1.807) is 13.2 Å². The van der Waals surface area contributed by atoms with E-state index in [1.807, 2.05) is 11.1 Å². The molecule has 0 aromatic carbocycles. The summed E-state index contributed by atoms with van der Waals surface area (Å²) in [7, 11) is 1.71. The SMILES string of the molecule is CNc1ncc(F)c(N2CCn3ccnc3C2)n1. The van der Waals surface area contributed by atoms with Crippen LogP contribution >= 0.6 is 0 Å². The third kappa shape index (κ3) is 1.77. The number of aromatic nitrogens is 4. The highest BCUT2D eigenvalue weighted by molar-refractivity contribution is 5.44. The average molecular weight is 248 g/mol. The van der Waals surface area contributed by atoms with E-state index in [0.29, 0.717) is 24.9 Å². The predicted octanol–water partition coefficient (Wildman–Crippen LogP) is 0.874. The molecule has 0 fully saturated rings. The predicted molar refractivity (Wildman–Crippen MR) is 64.8 cm³/mol. The van der Waals surface area contributed by atoms with Gasteiger partial charge in [-0.2, -0.15) is 4.98 Å². The van der Waals surface area contributed by atoms with Gasteiger partial charge in [0.15, 0.2) is 11.6 Å². The average Bonchev–Trinajstić information content (AvgIpc) is 2.86. The van der Waals surface area contributed by atoms with Crippen molar-refractivity contribution in [1.82, 2.24) is 19.5 Å². The van der Waals surface area contributed by atoms with E-state index in [4.69, 9.17) is 0 Å². The molecule has 1 N–H and O–H groups in total. The maximum atomic E-state index is 13.8. The van der Waals surface area contributed by atoms with Gasteiger partial charge in [0.2, 0.25) is 5.95 Å². The zero-order valence-corrected chi connectivity index (χ0v) is 9.97. The molecule has 7 heteroatoms. The molecule has 2 aromatic rings. The third-order valence-electron chi connectivity index (χ3n) is 2.99. The van der Waals surface area contributed by atoms with Gasteiger partial charge in [-0.1, -0.05) is 0 Å². The maximum Gasteiger partial charge on any atom is 0.224 e. The molecule has 0 unspecified atom stereocenters. The Hall–Kier alpha value is -2.18. The van der Waals surface area contributed by atoms with Crippen LogP contribution in [0.15, 0.2) is 18.6 Å². The number of rotatable bonds is 2. The first-order valence-corrected chi connectivity index (χ1v) is 5.73. The van der Waals surface area contributed by atoms with E-state index in [2.05, 4.69) is 24.8 Å². The van der Waals surface area contributed by atoms with E-state index >= 15 is 0 Å². The molecular weight excluding hydrogens is 235 g/mol. The summed E-state index contributed by atoms with van der Waals surface area (Å²) in [6, 6.07) is 0. The summed E-state index contributed by atoms with van der Waals surface area (Å²) >= 11 is 0. The summed E-state index contributed by atoms with van der Waals surface area (Å²) in [6.07, 6.45) is 4.88. The Morgan fingerprint density at radius 3 is 3.06 bits per heavy atom. The first-order valence-electron chi connectivity index (χ1n) is 5.73. The van der Waals surface area contributed by atoms with Crippen LogP contribution in [0.1, 0.15) is 5.82 Å². The summed E-state index contributed by atoms with van der Waals surface area (Å²) in [4.78, 5) is 14.1. The molecule has 0 atom stereocenters. The smallest absolute Gasteiger partial charge is 0.224 e. The van der Waals surface area contributed by atoms with Gasteiger partial charge in [0, 0.05) is 32.5 Å². The number of fused-ring (bicyclic) bond motifs is 1. The normalized spacial score (nSPS) is 14.4. The van der Waals surface area contributed by atoms with Crippen molar-refractivity contribution in [2.24, 2.45) is 0 Å². The van der Waals surface area contributed by atoms with Gasteiger partial charge in [-0.05, 0) is 0 Å². The second-order valence-electron chi connectivity index (χ2n) is 4.07. The van der Waals surface area contributed by atoms with Crippen molar-refractivity contribution in [2.75, 3.05) is 23.8 Å². The van der Waals surface area contributed by atoms with Gasteiger partial charge in [0.25, 0.3) is 0 Å². The topological polar surface area (TPSA) is 58.9 Å². The second-order valence-corrected chi connectivity index (χ2v) is 4.07. The molecule has 0 amide bonds. The third-order valence-corrected chi connectivity index (χ3v) is 2.99. The van der Waals surface area contributed by atoms with E-state index in [9.17, 15) is 4.39 Å². The van der Waals surface area contributed by atoms with Crippen molar-refractivity contribution in [3.63, 3.8) is 0 Å². The van der Waals surface area contributed by atoms with Crippen molar-refractivity contribution >= 4 is 11.8 Å². The molecule has 2 aromatic heterocycles. The Morgan fingerprint density at radius 1 is 1.33 bits per heavy atom. The van der Waals surface area contributed by atoms with Crippen molar-refractivity contribution < 1.29 is 4.39 Å². The van der Waals surface area contributed by atoms with Crippen LogP contribution < -0.4 is 10.2 Å². The summed E-state index contributed by atoms with van der Waals surface area (Å²) in [5, 5.41) is 2.81. The van der Waals surface area contributed by atoms with Crippen LogP contribution in [0.3, 0.4) is 0 Å². The lowest BCUT2D eigenvalue weighted by Crippen LogP contribution is -2.35. The molecule has 94 valence electrons. The van der Waals surface area contributed by atoms with E-state index in [1.165, 1.54) is 6.20 Å². The van der Waals surface area contributed by atoms with Crippen molar-refractivity contribution in [3.05, 3.63) is 30.2 Å². The molecule has 0 bridgehead atoms. The van der Waals surface area contributed by atoms with Crippen molar-refractivity contribution in [1.29, 1.82) is 0 Å². The lowest BCUT2D eigenvalue weighted by molar-refractivity contribution is 0.535. The van der Waals surface area contributed by atoms with Crippen LogP contribution in [-0.2, 0) is 13.1 Å². The van der Waals surface area contributed by atoms with Crippen LogP contribution in [0.5, 0.6) is 0 Å². The van der Waals surface area contributed by atoms with E-state index in [0.717, 1.165) is 12.4 Å². The molecule has 18 heavy (non-hydrogen) atoms. The Labute approximate surface area is 103 Å². The van der Waals surface area contributed by atoms with Crippen LogP contribution in [-0.4, -0.2) is 33.1 Å². The first-order chi connectivity index (χ1) is 8.78. The summed E-state index contributed by atoms with van der Waals surface area (Å²) in [5.41, 5.74) is 0. The van der Waals surface area contributed by atoms with Crippen LogP contribution in [0, 0.1) is 5.82 Å². The van der Waals surface area contributed by atoms with Gasteiger partial charge in [-0.15, -0.1) is 0 Å². The molecular formula is C11H13FN6. The van der Waals surface area contributed by atoms with Crippen molar-refractivity contribution in [3.8, 4) is 0 Å². The molecule has 1 aliphatic rings. The Kier molecular flexibility index (Phi) is 2.58. The molecule has 6 nitrogen and oxygen atoms in total. The van der Waals surface area contributed by atoms with E-state index in [-0.39, 0.29) is 0 Å². The van der Waals surface area contributed by atoms with Gasteiger partial charge < -0.3 is 14.8 Å². The molecule has 1 aliphatic heterocycles. The Balaban J connectivity index is 1.92. The van der Waals surface area contributed by atoms with Crippen LogP contribution in [0.2, 0.25) is 0 Å². The number of hydrogen-bond acceptors (Lipinski definition) is 5. The second kappa shape index (κ2) is 4.25. The molecule has 0 spiro atoms. The highest BCUT2D eigenvalue weighted by Gasteiger charge is 2.21. The number of imidazole rings is 1. The minimum atomic E-state index is -0.408. The molecule has 3 heterocycles. The number of anilines is 2. The Morgan fingerprint density at radius 2 is 2.22 bits per heavy atom. The quantitative estimate of drug-likeness (QED) is 0.854. The van der Waals surface area contributed by atoms with E-state index < -0.39 is 5.82 Å². The minimum absolute atomic E-state index is 0.323. The molecule has 0 aliphatic carbocycles. The Bertz CT molecular complexity index is 566. The van der Waals surface area contributed by atoms with Gasteiger partial charge in [0.05, 0.1) is 12.7 Å². The molecule has 0 saturated heterocycles. The largest absolute Gasteiger partial charge is 0.357 e. The summed E-state index contributed by atoms with van der Waals surface area (Å²) in [5.74, 6) is 1.25. The monoisotopic (exact) mass is 248 g/mol. The van der Waals surface area contributed by atoms with Crippen LogP contribution in [0.25, 0.3) is 0 Å².